The van der Waals surface area contributed by atoms with Crippen LogP contribution in [-0.4, -0.2) is 17.8 Å². The topological polar surface area (TPSA) is 63.7 Å². The highest BCUT2D eigenvalue weighted by atomic mass is 16.5. The molecule has 5 heteroatoms. The Hall–Kier alpha value is -2.95. The first-order chi connectivity index (χ1) is 11.0. The summed E-state index contributed by atoms with van der Waals surface area (Å²) in [4.78, 5) is 36.9. The van der Waals surface area contributed by atoms with Crippen molar-refractivity contribution in [2.75, 3.05) is 4.90 Å². The first-order valence-electron chi connectivity index (χ1n) is 7.29. The number of hydrogen-bond acceptors (Lipinski definition) is 4. The molecule has 0 spiro atoms. The smallest absolute Gasteiger partial charge is 0.343 e. The highest BCUT2D eigenvalue weighted by molar-refractivity contribution is 6.20. The first-order valence-corrected chi connectivity index (χ1v) is 7.29. The molecule has 1 saturated heterocycles. The van der Waals surface area contributed by atoms with Crippen molar-refractivity contribution < 1.29 is 19.1 Å². The third-order valence-electron chi connectivity index (χ3n) is 3.59. The second-order valence-electron chi connectivity index (χ2n) is 5.38. The van der Waals surface area contributed by atoms with E-state index in [-0.39, 0.29) is 30.2 Å². The Morgan fingerprint density at radius 2 is 1.70 bits per heavy atom. The van der Waals surface area contributed by atoms with Crippen molar-refractivity contribution in [2.24, 2.45) is 0 Å². The fraction of sp³-hybridized carbons (Fsp3) is 0.167. The Morgan fingerprint density at radius 3 is 2.39 bits per heavy atom. The van der Waals surface area contributed by atoms with E-state index in [0.717, 1.165) is 10.5 Å². The molecule has 3 rings (SSSR count). The van der Waals surface area contributed by atoms with E-state index >= 15 is 0 Å². The van der Waals surface area contributed by atoms with Gasteiger partial charge in [-0.25, -0.2) is 4.79 Å². The van der Waals surface area contributed by atoms with Crippen LogP contribution in [0.25, 0.3) is 0 Å². The molecule has 0 aliphatic carbocycles. The maximum atomic E-state index is 12.2. The molecule has 2 aromatic carbocycles. The molecule has 0 N–H and O–H groups in total. The van der Waals surface area contributed by atoms with Gasteiger partial charge in [0.2, 0.25) is 11.8 Å². The Balaban J connectivity index is 1.83. The van der Waals surface area contributed by atoms with Gasteiger partial charge in [-0.2, -0.15) is 0 Å². The maximum Gasteiger partial charge on any atom is 0.343 e. The first kappa shape index (κ1) is 15.0. The molecule has 2 aromatic rings. The number of carbonyl (C=O) groups is 3. The minimum atomic E-state index is -0.531. The fourth-order valence-electron chi connectivity index (χ4n) is 2.48. The standard InChI is InChI=1S/C18H15NO4/c1-12-4-2-7-15(10-12)23-18(22)13-5-3-6-14(11-13)19-16(20)8-9-17(19)21/h2-7,10-11H,8-9H2,1H3. The number of anilines is 1. The third kappa shape index (κ3) is 3.13. The molecule has 0 radical (unpaired) electrons. The molecular formula is C18H15NO4. The number of rotatable bonds is 3. The molecule has 5 nitrogen and oxygen atoms in total. The molecule has 0 unspecified atom stereocenters. The van der Waals surface area contributed by atoms with Gasteiger partial charge in [0.05, 0.1) is 11.3 Å². The summed E-state index contributed by atoms with van der Waals surface area (Å²) in [6, 6.07) is 13.5. The van der Waals surface area contributed by atoms with Crippen LogP contribution in [0.4, 0.5) is 5.69 Å². The Bertz CT molecular complexity index is 781. The van der Waals surface area contributed by atoms with Gasteiger partial charge in [-0.3, -0.25) is 14.5 Å². The SMILES string of the molecule is Cc1cccc(OC(=O)c2cccc(N3C(=O)CCC3=O)c2)c1. The second-order valence-corrected chi connectivity index (χ2v) is 5.38. The van der Waals surface area contributed by atoms with E-state index in [0.29, 0.717) is 11.4 Å². The molecule has 23 heavy (non-hydrogen) atoms. The number of carbonyl (C=O) groups excluding carboxylic acids is 3. The maximum absolute atomic E-state index is 12.2. The summed E-state index contributed by atoms with van der Waals surface area (Å²) >= 11 is 0. The Morgan fingerprint density at radius 1 is 1.00 bits per heavy atom. The van der Waals surface area contributed by atoms with E-state index in [1.54, 1.807) is 36.4 Å². The molecule has 0 saturated carbocycles. The summed E-state index contributed by atoms with van der Waals surface area (Å²) in [6.07, 6.45) is 0.410. The monoisotopic (exact) mass is 309 g/mol. The van der Waals surface area contributed by atoms with E-state index < -0.39 is 5.97 Å². The summed E-state index contributed by atoms with van der Waals surface area (Å²) in [7, 11) is 0. The van der Waals surface area contributed by atoms with Crippen molar-refractivity contribution >= 4 is 23.5 Å². The lowest BCUT2D eigenvalue weighted by Gasteiger charge is -2.14. The van der Waals surface area contributed by atoms with Crippen molar-refractivity contribution in [1.82, 2.24) is 0 Å². The van der Waals surface area contributed by atoms with Crippen LogP contribution in [0.3, 0.4) is 0 Å². The number of esters is 1. The average molecular weight is 309 g/mol. The largest absolute Gasteiger partial charge is 0.423 e. The highest BCUT2D eigenvalue weighted by Crippen LogP contribution is 2.24. The van der Waals surface area contributed by atoms with Gasteiger partial charge < -0.3 is 4.74 Å². The molecule has 0 bridgehead atoms. The van der Waals surface area contributed by atoms with Gasteiger partial charge in [-0.15, -0.1) is 0 Å². The van der Waals surface area contributed by atoms with Crippen molar-refractivity contribution in [3.8, 4) is 5.75 Å². The van der Waals surface area contributed by atoms with E-state index in [4.69, 9.17) is 4.74 Å². The molecule has 1 fully saturated rings. The summed E-state index contributed by atoms with van der Waals surface area (Å²) in [5.74, 6) is -0.580. The Kier molecular flexibility index (Phi) is 3.93. The quantitative estimate of drug-likeness (QED) is 0.497. The summed E-state index contributed by atoms with van der Waals surface area (Å²) in [5, 5.41) is 0. The highest BCUT2D eigenvalue weighted by Gasteiger charge is 2.30. The lowest BCUT2D eigenvalue weighted by Crippen LogP contribution is -2.28. The summed E-state index contributed by atoms with van der Waals surface area (Å²) < 4.78 is 5.33. The number of ether oxygens (including phenoxy) is 1. The number of hydrogen-bond donors (Lipinski definition) is 0. The number of amides is 2. The van der Waals surface area contributed by atoms with Crippen LogP contribution in [0, 0.1) is 6.92 Å². The van der Waals surface area contributed by atoms with E-state index in [9.17, 15) is 14.4 Å². The number of imide groups is 1. The van der Waals surface area contributed by atoms with Crippen molar-refractivity contribution in [3.63, 3.8) is 0 Å². The molecule has 1 aliphatic heterocycles. The molecule has 1 aliphatic rings. The summed E-state index contributed by atoms with van der Waals surface area (Å²) in [6.45, 7) is 1.91. The number of nitrogens with zero attached hydrogens (tertiary/aromatic N) is 1. The second kappa shape index (κ2) is 6.04. The van der Waals surface area contributed by atoms with E-state index in [1.807, 2.05) is 13.0 Å². The minimum Gasteiger partial charge on any atom is -0.423 e. The fourth-order valence-corrected chi connectivity index (χ4v) is 2.48. The number of aryl methyl sites for hydroxylation is 1. The van der Waals surface area contributed by atoms with Crippen LogP contribution in [-0.2, 0) is 9.59 Å². The molecule has 116 valence electrons. The normalized spacial score (nSPS) is 14.2. The van der Waals surface area contributed by atoms with E-state index in [2.05, 4.69) is 0 Å². The van der Waals surface area contributed by atoms with Crippen LogP contribution >= 0.6 is 0 Å². The van der Waals surface area contributed by atoms with Crippen molar-refractivity contribution in [3.05, 3.63) is 59.7 Å². The minimum absolute atomic E-state index is 0.205. The van der Waals surface area contributed by atoms with Gasteiger partial charge in [-0.05, 0) is 42.8 Å². The van der Waals surface area contributed by atoms with Crippen LogP contribution in [0.1, 0.15) is 28.8 Å². The van der Waals surface area contributed by atoms with Crippen molar-refractivity contribution in [1.29, 1.82) is 0 Å². The van der Waals surface area contributed by atoms with Gasteiger partial charge in [0.15, 0.2) is 0 Å². The Labute approximate surface area is 133 Å². The molecule has 2 amide bonds. The van der Waals surface area contributed by atoms with Gasteiger partial charge in [0.1, 0.15) is 5.75 Å². The average Bonchev–Trinajstić information content (AvgIpc) is 2.86. The molecular weight excluding hydrogens is 294 g/mol. The number of benzene rings is 2. The van der Waals surface area contributed by atoms with Crippen LogP contribution in [0.2, 0.25) is 0 Å². The third-order valence-corrected chi connectivity index (χ3v) is 3.59. The molecule has 0 atom stereocenters. The molecule has 1 heterocycles. The zero-order valence-electron chi connectivity index (χ0n) is 12.6. The lowest BCUT2D eigenvalue weighted by molar-refractivity contribution is -0.121. The van der Waals surface area contributed by atoms with Gasteiger partial charge in [0.25, 0.3) is 0 Å². The lowest BCUT2D eigenvalue weighted by atomic mass is 10.2. The van der Waals surface area contributed by atoms with Gasteiger partial charge >= 0.3 is 5.97 Å². The predicted molar refractivity (Wildman–Crippen MR) is 84.3 cm³/mol. The van der Waals surface area contributed by atoms with Crippen LogP contribution in [0.5, 0.6) is 5.75 Å². The van der Waals surface area contributed by atoms with Crippen LogP contribution in [0.15, 0.2) is 48.5 Å². The summed E-state index contributed by atoms with van der Waals surface area (Å²) in [5.41, 5.74) is 1.67. The van der Waals surface area contributed by atoms with Crippen LogP contribution < -0.4 is 9.64 Å². The zero-order chi connectivity index (χ0) is 16.4. The van der Waals surface area contributed by atoms with Gasteiger partial charge in [-0.1, -0.05) is 18.2 Å². The zero-order valence-corrected chi connectivity index (χ0v) is 12.6. The van der Waals surface area contributed by atoms with E-state index in [1.165, 1.54) is 6.07 Å². The van der Waals surface area contributed by atoms with Gasteiger partial charge in [0, 0.05) is 12.8 Å². The predicted octanol–water partition coefficient (Wildman–Crippen LogP) is 2.87. The molecule has 0 aromatic heterocycles. The van der Waals surface area contributed by atoms with Crippen molar-refractivity contribution in [2.45, 2.75) is 19.8 Å².